The van der Waals surface area contributed by atoms with Crippen LogP contribution in [-0.2, 0) is 0 Å². The molecule has 0 spiro atoms. The number of ether oxygens (including phenoxy) is 1. The topological polar surface area (TPSA) is 67.6 Å². The van der Waals surface area contributed by atoms with Crippen molar-refractivity contribution in [2.24, 2.45) is 17.8 Å². The van der Waals surface area contributed by atoms with Crippen molar-refractivity contribution in [3.63, 3.8) is 0 Å². The summed E-state index contributed by atoms with van der Waals surface area (Å²) in [4.78, 5) is 16.9. The quantitative estimate of drug-likeness (QED) is 0.565. The molecule has 1 aromatic heterocycles. The number of fused-ring (bicyclic) bond motifs is 2. The normalized spacial score (nSPS) is 23.7. The monoisotopic (exact) mass is 457 g/mol. The average Bonchev–Trinajstić information content (AvgIpc) is 3.16. The van der Waals surface area contributed by atoms with Crippen LogP contribution in [0, 0.1) is 17.8 Å². The molecule has 4 rings (SSSR count). The SMILES string of the molecule is CC(NC(=O)c1onc(OCCN(C)C)c1Sc1ccccc1)C1CC2CCCC(C2)C1. The van der Waals surface area contributed by atoms with Gasteiger partial charge in [-0.25, -0.2) is 0 Å². The minimum absolute atomic E-state index is 0.115. The van der Waals surface area contributed by atoms with Crippen molar-refractivity contribution >= 4 is 17.7 Å². The molecule has 174 valence electrons. The largest absolute Gasteiger partial charge is 0.473 e. The summed E-state index contributed by atoms with van der Waals surface area (Å²) in [5.41, 5.74) is 0. The van der Waals surface area contributed by atoms with Gasteiger partial charge in [-0.2, -0.15) is 0 Å². The fourth-order valence-electron chi connectivity index (χ4n) is 5.11. The van der Waals surface area contributed by atoms with Crippen molar-refractivity contribution in [3.05, 3.63) is 36.1 Å². The zero-order chi connectivity index (χ0) is 22.5. The van der Waals surface area contributed by atoms with Crippen molar-refractivity contribution in [3.8, 4) is 5.88 Å². The number of carbonyl (C=O) groups excluding carboxylic acids is 1. The fraction of sp³-hybridized carbons (Fsp3) is 0.600. The van der Waals surface area contributed by atoms with Gasteiger partial charge in [-0.1, -0.05) is 49.2 Å². The van der Waals surface area contributed by atoms with Gasteiger partial charge in [0.1, 0.15) is 11.5 Å². The third kappa shape index (κ3) is 5.87. The molecule has 1 amide bonds. The Labute approximate surface area is 195 Å². The maximum atomic E-state index is 13.2. The standard InChI is InChI=1S/C25H35N3O3S/c1-17(20-15-18-8-7-9-19(14-18)16-20)26-24(29)22-23(32-21-10-5-4-6-11-21)25(27-31-22)30-13-12-28(2)3/h4-6,10-11,17-20H,7-9,12-16H2,1-3H3,(H,26,29). The minimum atomic E-state index is -0.207. The zero-order valence-corrected chi connectivity index (χ0v) is 20.2. The predicted octanol–water partition coefficient (Wildman–Crippen LogP) is 5.10. The number of nitrogens with zero attached hydrogens (tertiary/aromatic N) is 2. The number of amides is 1. The highest BCUT2D eigenvalue weighted by Crippen LogP contribution is 2.43. The van der Waals surface area contributed by atoms with E-state index in [2.05, 4.69) is 17.4 Å². The van der Waals surface area contributed by atoms with Crippen LogP contribution in [0.25, 0.3) is 0 Å². The van der Waals surface area contributed by atoms with E-state index in [-0.39, 0.29) is 17.7 Å². The molecule has 32 heavy (non-hydrogen) atoms. The number of aromatic nitrogens is 1. The Morgan fingerprint density at radius 3 is 2.62 bits per heavy atom. The lowest BCUT2D eigenvalue weighted by molar-refractivity contribution is 0.0818. The molecule has 2 saturated carbocycles. The highest BCUT2D eigenvalue weighted by atomic mass is 32.2. The first-order valence-corrected chi connectivity index (χ1v) is 12.6. The van der Waals surface area contributed by atoms with Gasteiger partial charge in [0.15, 0.2) is 0 Å². The van der Waals surface area contributed by atoms with Crippen molar-refractivity contribution < 1.29 is 14.1 Å². The molecule has 1 N–H and O–H groups in total. The van der Waals surface area contributed by atoms with E-state index in [0.717, 1.165) is 23.3 Å². The second kappa shape index (κ2) is 10.8. The highest BCUT2D eigenvalue weighted by Gasteiger charge is 2.35. The molecule has 2 fully saturated rings. The molecule has 1 aromatic carbocycles. The van der Waals surface area contributed by atoms with Gasteiger partial charge >= 0.3 is 0 Å². The van der Waals surface area contributed by atoms with Gasteiger partial charge in [-0.15, -0.1) is 0 Å². The first-order chi connectivity index (χ1) is 15.5. The van der Waals surface area contributed by atoms with Crippen LogP contribution in [-0.4, -0.2) is 49.3 Å². The second-order valence-electron chi connectivity index (χ2n) is 9.61. The first kappa shape index (κ1) is 23.2. The number of nitrogens with one attached hydrogen (secondary N) is 1. The molecule has 7 heteroatoms. The van der Waals surface area contributed by atoms with Crippen molar-refractivity contribution in [2.45, 2.75) is 61.3 Å². The molecule has 1 heterocycles. The minimum Gasteiger partial charge on any atom is -0.473 e. The van der Waals surface area contributed by atoms with E-state index in [1.54, 1.807) is 0 Å². The van der Waals surface area contributed by atoms with Gasteiger partial charge in [-0.3, -0.25) is 4.79 Å². The van der Waals surface area contributed by atoms with Crippen LogP contribution >= 0.6 is 11.8 Å². The van der Waals surface area contributed by atoms with Crippen LogP contribution in [0.3, 0.4) is 0 Å². The van der Waals surface area contributed by atoms with Gasteiger partial charge in [-0.05, 0) is 75.3 Å². The molecule has 6 nitrogen and oxygen atoms in total. The number of hydrogen-bond acceptors (Lipinski definition) is 6. The lowest BCUT2D eigenvalue weighted by atomic mass is 9.66. The predicted molar refractivity (Wildman–Crippen MR) is 126 cm³/mol. The van der Waals surface area contributed by atoms with Crippen LogP contribution in [0.1, 0.15) is 56.0 Å². The number of likely N-dealkylation sites (N-methyl/N-ethyl adjacent to an activating group) is 1. The molecule has 0 aliphatic heterocycles. The van der Waals surface area contributed by atoms with Crippen molar-refractivity contribution in [1.82, 2.24) is 15.4 Å². The Kier molecular flexibility index (Phi) is 7.79. The van der Waals surface area contributed by atoms with Gasteiger partial charge in [0, 0.05) is 17.5 Å². The fourth-order valence-corrected chi connectivity index (χ4v) is 6.04. The Morgan fingerprint density at radius 1 is 1.22 bits per heavy atom. The third-order valence-corrected chi connectivity index (χ3v) is 7.87. The van der Waals surface area contributed by atoms with E-state index in [9.17, 15) is 4.79 Å². The summed E-state index contributed by atoms with van der Waals surface area (Å²) in [6.45, 7) is 3.37. The van der Waals surface area contributed by atoms with E-state index in [1.165, 1.54) is 50.3 Å². The zero-order valence-electron chi connectivity index (χ0n) is 19.4. The molecule has 0 saturated heterocycles. The molecule has 2 aliphatic rings. The van der Waals surface area contributed by atoms with Crippen molar-refractivity contribution in [1.29, 1.82) is 0 Å². The number of rotatable bonds is 9. The third-order valence-electron chi connectivity index (χ3n) is 6.80. The molecular formula is C25H35N3O3S. The van der Waals surface area contributed by atoms with Crippen LogP contribution in [0.15, 0.2) is 44.6 Å². The number of hydrogen-bond donors (Lipinski definition) is 1. The molecule has 0 radical (unpaired) electrons. The van der Waals surface area contributed by atoms with Crippen LogP contribution in [0.5, 0.6) is 5.88 Å². The summed E-state index contributed by atoms with van der Waals surface area (Å²) in [5.74, 6) is 2.61. The smallest absolute Gasteiger partial charge is 0.291 e. The van der Waals surface area contributed by atoms with Crippen LogP contribution < -0.4 is 10.1 Å². The van der Waals surface area contributed by atoms with Gasteiger partial charge in [0.25, 0.3) is 11.8 Å². The van der Waals surface area contributed by atoms with E-state index in [4.69, 9.17) is 9.26 Å². The maximum Gasteiger partial charge on any atom is 0.291 e. The Bertz CT molecular complexity index is 874. The lowest BCUT2D eigenvalue weighted by Crippen LogP contribution is -2.42. The Hall–Kier alpha value is -1.99. The summed E-state index contributed by atoms with van der Waals surface area (Å²) in [6, 6.07) is 10.1. The Morgan fingerprint density at radius 2 is 1.94 bits per heavy atom. The van der Waals surface area contributed by atoms with Gasteiger partial charge < -0.3 is 19.5 Å². The van der Waals surface area contributed by atoms with Crippen LogP contribution in [0.2, 0.25) is 0 Å². The average molecular weight is 458 g/mol. The van der Waals surface area contributed by atoms with Crippen molar-refractivity contribution in [2.75, 3.05) is 27.2 Å². The van der Waals surface area contributed by atoms with E-state index in [1.807, 2.05) is 49.3 Å². The Balaban J connectivity index is 1.47. The highest BCUT2D eigenvalue weighted by molar-refractivity contribution is 7.99. The van der Waals surface area contributed by atoms with E-state index in [0.29, 0.717) is 23.3 Å². The number of benzene rings is 1. The van der Waals surface area contributed by atoms with Gasteiger partial charge in [0.05, 0.1) is 0 Å². The number of carbonyl (C=O) groups is 1. The molecule has 2 bridgehead atoms. The lowest BCUT2D eigenvalue weighted by Gasteiger charge is -2.41. The molecule has 2 aliphatic carbocycles. The molecule has 3 atom stereocenters. The summed E-state index contributed by atoms with van der Waals surface area (Å²) < 4.78 is 11.4. The first-order valence-electron chi connectivity index (χ1n) is 11.8. The summed E-state index contributed by atoms with van der Waals surface area (Å²) in [7, 11) is 3.98. The van der Waals surface area contributed by atoms with E-state index >= 15 is 0 Å². The molecular weight excluding hydrogens is 422 g/mol. The molecule has 2 aromatic rings. The van der Waals surface area contributed by atoms with Gasteiger partial charge in [0.2, 0.25) is 5.76 Å². The molecule has 3 unspecified atom stereocenters. The van der Waals surface area contributed by atoms with Crippen LogP contribution in [0.4, 0.5) is 0 Å². The second-order valence-corrected chi connectivity index (χ2v) is 10.7. The summed E-state index contributed by atoms with van der Waals surface area (Å²) in [6.07, 6.45) is 7.89. The summed E-state index contributed by atoms with van der Waals surface area (Å²) >= 11 is 1.46. The van der Waals surface area contributed by atoms with E-state index < -0.39 is 0 Å². The summed E-state index contributed by atoms with van der Waals surface area (Å²) in [5, 5.41) is 7.32. The maximum absolute atomic E-state index is 13.2.